The zero-order chi connectivity index (χ0) is 16.1. The van der Waals surface area contributed by atoms with E-state index in [0.29, 0.717) is 6.54 Å². The second kappa shape index (κ2) is 7.62. The summed E-state index contributed by atoms with van der Waals surface area (Å²) in [5.74, 6) is 0. The van der Waals surface area contributed by atoms with Crippen LogP contribution < -0.4 is 4.90 Å². The summed E-state index contributed by atoms with van der Waals surface area (Å²) in [7, 11) is 0. The largest absolute Gasteiger partial charge is 0.387 e. The van der Waals surface area contributed by atoms with Crippen molar-refractivity contribution in [2.45, 2.75) is 19.4 Å². The van der Waals surface area contributed by atoms with Crippen molar-refractivity contribution in [3.63, 3.8) is 0 Å². The predicted molar refractivity (Wildman–Crippen MR) is 95.9 cm³/mol. The van der Waals surface area contributed by atoms with E-state index in [1.807, 2.05) is 0 Å². The van der Waals surface area contributed by atoms with E-state index in [1.165, 1.54) is 11.3 Å². The quantitative estimate of drug-likeness (QED) is 0.919. The molecule has 0 bridgehead atoms. The number of aliphatic hydroxyl groups excluding tert-OH is 1. The number of hydrogen-bond acceptors (Lipinski definition) is 3. The van der Waals surface area contributed by atoms with Crippen molar-refractivity contribution in [2.75, 3.05) is 37.6 Å². The molecule has 3 nitrogen and oxygen atoms in total. The van der Waals surface area contributed by atoms with Crippen LogP contribution in [0.3, 0.4) is 0 Å². The molecule has 23 heavy (non-hydrogen) atoms. The summed E-state index contributed by atoms with van der Waals surface area (Å²) in [6.07, 6.45) is 0.641. The molecular formula is C20H26N2O. The molecule has 2 aromatic carbocycles. The molecule has 0 aromatic heterocycles. The maximum atomic E-state index is 10.5. The Morgan fingerprint density at radius 1 is 0.913 bits per heavy atom. The Labute approximate surface area is 139 Å². The molecule has 3 rings (SSSR count). The van der Waals surface area contributed by atoms with Gasteiger partial charge in [-0.15, -0.1) is 0 Å². The highest BCUT2D eigenvalue weighted by Gasteiger charge is 2.20. The van der Waals surface area contributed by atoms with E-state index in [9.17, 15) is 5.11 Å². The third-order valence-electron chi connectivity index (χ3n) is 4.70. The summed E-state index contributed by atoms with van der Waals surface area (Å²) in [4.78, 5) is 4.77. The van der Waals surface area contributed by atoms with Crippen LogP contribution in [0.25, 0.3) is 0 Å². The van der Waals surface area contributed by atoms with Gasteiger partial charge in [-0.05, 0) is 29.7 Å². The smallest absolute Gasteiger partial charge is 0.0916 e. The summed E-state index contributed by atoms with van der Waals surface area (Å²) in [6, 6.07) is 18.9. The lowest BCUT2D eigenvalue weighted by Gasteiger charge is -2.37. The second-order valence-corrected chi connectivity index (χ2v) is 6.23. The maximum absolute atomic E-state index is 10.5. The number of aliphatic hydroxyl groups is 1. The summed E-state index contributed by atoms with van der Waals surface area (Å²) in [6.45, 7) is 6.90. The lowest BCUT2D eigenvalue weighted by atomic mass is 10.1. The fourth-order valence-electron chi connectivity index (χ4n) is 3.15. The van der Waals surface area contributed by atoms with Gasteiger partial charge in [-0.2, -0.15) is 0 Å². The maximum Gasteiger partial charge on any atom is 0.0916 e. The first-order valence-electron chi connectivity index (χ1n) is 8.55. The van der Waals surface area contributed by atoms with Crippen molar-refractivity contribution in [1.82, 2.24) is 4.90 Å². The Hall–Kier alpha value is -1.84. The average molecular weight is 310 g/mol. The molecule has 0 amide bonds. The van der Waals surface area contributed by atoms with Gasteiger partial charge in [0.05, 0.1) is 6.10 Å². The first kappa shape index (κ1) is 16.0. The number of rotatable bonds is 5. The summed E-state index contributed by atoms with van der Waals surface area (Å²) in [5, 5.41) is 10.5. The van der Waals surface area contributed by atoms with Crippen LogP contribution in [0.15, 0.2) is 54.6 Å². The molecule has 2 aromatic rings. The van der Waals surface area contributed by atoms with Crippen LogP contribution in [0.4, 0.5) is 5.69 Å². The molecular weight excluding hydrogens is 284 g/mol. The number of hydrogen-bond donors (Lipinski definition) is 1. The summed E-state index contributed by atoms with van der Waals surface area (Å²) < 4.78 is 0. The lowest BCUT2D eigenvalue weighted by Crippen LogP contribution is -2.47. The normalized spacial score (nSPS) is 17.2. The van der Waals surface area contributed by atoms with Crippen LogP contribution >= 0.6 is 0 Å². The SMILES string of the molecule is CCc1ccc([C@@H](O)CN2CCN(c3ccccc3)CC2)cc1. The second-order valence-electron chi connectivity index (χ2n) is 6.23. The Morgan fingerprint density at radius 3 is 2.17 bits per heavy atom. The number of aryl methyl sites for hydroxylation is 1. The topological polar surface area (TPSA) is 26.7 Å². The van der Waals surface area contributed by atoms with Crippen LogP contribution in [0.1, 0.15) is 24.2 Å². The number of piperazine rings is 1. The van der Waals surface area contributed by atoms with E-state index in [2.05, 4.69) is 71.3 Å². The highest BCUT2D eigenvalue weighted by atomic mass is 16.3. The van der Waals surface area contributed by atoms with Crippen molar-refractivity contribution in [3.8, 4) is 0 Å². The van der Waals surface area contributed by atoms with Crippen LogP contribution in [-0.2, 0) is 6.42 Å². The molecule has 0 saturated carbocycles. The molecule has 3 heteroatoms. The van der Waals surface area contributed by atoms with Gasteiger partial charge in [0.1, 0.15) is 0 Å². The Balaban J connectivity index is 1.51. The van der Waals surface area contributed by atoms with Gasteiger partial charge >= 0.3 is 0 Å². The van der Waals surface area contributed by atoms with E-state index < -0.39 is 6.10 Å². The van der Waals surface area contributed by atoms with E-state index >= 15 is 0 Å². The molecule has 1 heterocycles. The van der Waals surface area contributed by atoms with Crippen molar-refractivity contribution < 1.29 is 5.11 Å². The number of benzene rings is 2. The molecule has 1 N–H and O–H groups in total. The molecule has 0 radical (unpaired) electrons. The van der Waals surface area contributed by atoms with Gasteiger partial charge in [-0.25, -0.2) is 0 Å². The number of nitrogens with zero attached hydrogens (tertiary/aromatic N) is 2. The number of para-hydroxylation sites is 1. The molecule has 1 saturated heterocycles. The number of β-amino-alcohol motifs (C(OH)–C–C–N with tert-alkyl or cyclic N) is 1. The van der Waals surface area contributed by atoms with Gasteiger partial charge in [0, 0.05) is 38.4 Å². The Kier molecular flexibility index (Phi) is 5.31. The molecule has 1 aliphatic rings. The molecule has 1 aliphatic heterocycles. The monoisotopic (exact) mass is 310 g/mol. The van der Waals surface area contributed by atoms with Crippen LogP contribution in [-0.4, -0.2) is 42.7 Å². The van der Waals surface area contributed by atoms with Gasteiger partial charge in [0.15, 0.2) is 0 Å². The van der Waals surface area contributed by atoms with E-state index in [-0.39, 0.29) is 0 Å². The standard InChI is InChI=1S/C20H26N2O/c1-2-17-8-10-18(11-9-17)20(23)16-21-12-14-22(15-13-21)19-6-4-3-5-7-19/h3-11,20,23H,2,12-16H2,1H3/t20-/m0/s1. The zero-order valence-corrected chi connectivity index (χ0v) is 13.9. The minimum atomic E-state index is -0.399. The molecule has 1 fully saturated rings. The first-order valence-corrected chi connectivity index (χ1v) is 8.55. The third kappa shape index (κ3) is 4.12. The van der Waals surface area contributed by atoms with Crippen molar-refractivity contribution >= 4 is 5.69 Å². The van der Waals surface area contributed by atoms with Gasteiger partial charge < -0.3 is 10.0 Å². The fraction of sp³-hybridized carbons (Fsp3) is 0.400. The molecule has 1 atom stereocenters. The minimum Gasteiger partial charge on any atom is -0.387 e. The highest BCUT2D eigenvalue weighted by molar-refractivity contribution is 5.46. The van der Waals surface area contributed by atoms with Crippen LogP contribution in [0.5, 0.6) is 0 Å². The van der Waals surface area contributed by atoms with Crippen molar-refractivity contribution in [3.05, 3.63) is 65.7 Å². The van der Waals surface area contributed by atoms with E-state index in [1.54, 1.807) is 0 Å². The van der Waals surface area contributed by atoms with Gasteiger partial charge in [-0.1, -0.05) is 49.4 Å². The molecule has 0 unspecified atom stereocenters. The Bertz CT molecular complexity index is 589. The number of anilines is 1. The fourth-order valence-corrected chi connectivity index (χ4v) is 3.15. The molecule has 0 spiro atoms. The van der Waals surface area contributed by atoms with Crippen molar-refractivity contribution in [2.24, 2.45) is 0 Å². The third-order valence-corrected chi connectivity index (χ3v) is 4.70. The van der Waals surface area contributed by atoms with Gasteiger partial charge in [-0.3, -0.25) is 4.90 Å². The van der Waals surface area contributed by atoms with Crippen LogP contribution in [0, 0.1) is 0 Å². The Morgan fingerprint density at radius 2 is 1.57 bits per heavy atom. The molecule has 122 valence electrons. The van der Waals surface area contributed by atoms with Crippen molar-refractivity contribution in [1.29, 1.82) is 0 Å². The summed E-state index contributed by atoms with van der Waals surface area (Å²) in [5.41, 5.74) is 3.63. The highest BCUT2D eigenvalue weighted by Crippen LogP contribution is 2.19. The predicted octanol–water partition coefficient (Wildman–Crippen LogP) is 3.10. The minimum absolute atomic E-state index is 0.399. The van der Waals surface area contributed by atoms with Crippen LogP contribution in [0.2, 0.25) is 0 Å². The van der Waals surface area contributed by atoms with Gasteiger partial charge in [0.2, 0.25) is 0 Å². The lowest BCUT2D eigenvalue weighted by molar-refractivity contribution is 0.109. The molecule has 0 aliphatic carbocycles. The zero-order valence-electron chi connectivity index (χ0n) is 13.9. The summed E-state index contributed by atoms with van der Waals surface area (Å²) >= 11 is 0. The average Bonchev–Trinajstić information content (AvgIpc) is 2.63. The first-order chi connectivity index (χ1) is 11.3. The van der Waals surface area contributed by atoms with E-state index in [0.717, 1.165) is 38.2 Å². The van der Waals surface area contributed by atoms with Gasteiger partial charge in [0.25, 0.3) is 0 Å². The van der Waals surface area contributed by atoms with E-state index in [4.69, 9.17) is 0 Å².